The number of hydrogen-bond acceptors (Lipinski definition) is 9. The molecule has 13 heteroatoms. The summed E-state index contributed by atoms with van der Waals surface area (Å²) in [6.07, 6.45) is 0.847. The van der Waals surface area contributed by atoms with Gasteiger partial charge in [-0.1, -0.05) is 18.2 Å². The van der Waals surface area contributed by atoms with E-state index in [9.17, 15) is 19.2 Å². The van der Waals surface area contributed by atoms with Gasteiger partial charge in [-0.15, -0.1) is 0 Å². The van der Waals surface area contributed by atoms with Gasteiger partial charge in [0.05, 0.1) is 43.0 Å². The van der Waals surface area contributed by atoms with E-state index in [1.165, 1.54) is 4.90 Å². The summed E-state index contributed by atoms with van der Waals surface area (Å²) in [5.41, 5.74) is 1.29. The number of aromatic nitrogens is 2. The van der Waals surface area contributed by atoms with Crippen LogP contribution < -0.4 is 10.1 Å². The van der Waals surface area contributed by atoms with Crippen molar-refractivity contribution >= 4 is 34.8 Å². The number of carbonyl (C=O) groups excluding carboxylic acids is 4. The Hall–Kier alpha value is -4.49. The van der Waals surface area contributed by atoms with Crippen molar-refractivity contribution in [3.05, 3.63) is 59.4 Å². The molecule has 45 heavy (non-hydrogen) atoms. The zero-order valence-electron chi connectivity index (χ0n) is 25.8. The van der Waals surface area contributed by atoms with Crippen LogP contribution in [0.4, 0.5) is 4.79 Å². The standard InChI is InChI=1S/C32H39N5O8/c1-32(2,3)45-31(42)35-13-11-21(12-14-35)33-27(39)20-44-25-10-6-9-24-28(25)34-26(36(24)15-17-43-18-16-38)19-37-29(40)22-7-4-5-8-23(22)30(37)41/h4-10,21,38H,11-20H2,1-3H3,(H,33,39). The van der Waals surface area contributed by atoms with E-state index in [0.717, 1.165) is 0 Å². The van der Waals surface area contributed by atoms with E-state index >= 15 is 0 Å². The molecule has 2 aliphatic rings. The third-order valence-electron chi connectivity index (χ3n) is 7.56. The molecule has 4 amide bonds. The monoisotopic (exact) mass is 621 g/mol. The first-order chi connectivity index (χ1) is 21.6. The maximum Gasteiger partial charge on any atom is 0.410 e. The van der Waals surface area contributed by atoms with Crippen LogP contribution in [-0.4, -0.2) is 99.4 Å². The number of para-hydroxylation sites is 1. The molecule has 3 heterocycles. The van der Waals surface area contributed by atoms with E-state index < -0.39 is 17.4 Å². The first-order valence-corrected chi connectivity index (χ1v) is 15.1. The molecule has 1 saturated heterocycles. The summed E-state index contributed by atoms with van der Waals surface area (Å²) in [6.45, 7) is 6.80. The molecule has 0 bridgehead atoms. The quantitative estimate of drug-likeness (QED) is 0.243. The molecular weight excluding hydrogens is 582 g/mol. The minimum absolute atomic E-state index is 0.0665. The Kier molecular flexibility index (Phi) is 9.68. The average Bonchev–Trinajstić information content (AvgIpc) is 3.48. The Morgan fingerprint density at radius 3 is 2.33 bits per heavy atom. The number of fused-ring (bicyclic) bond motifs is 2. The number of nitrogens with zero attached hydrogens (tertiary/aromatic N) is 4. The van der Waals surface area contributed by atoms with Crippen LogP contribution in [-0.2, 0) is 27.4 Å². The first kappa shape index (κ1) is 31.9. The SMILES string of the molecule is CC(C)(C)OC(=O)N1CCC(NC(=O)COc2cccc3c2nc(CN2C(=O)c4ccccc4C2=O)n3CCOCCO)CC1. The van der Waals surface area contributed by atoms with Crippen molar-refractivity contribution in [3.63, 3.8) is 0 Å². The van der Waals surface area contributed by atoms with Crippen LogP contribution in [0.15, 0.2) is 42.5 Å². The number of aliphatic hydroxyl groups excluding tert-OH is 1. The molecule has 240 valence electrons. The molecule has 0 saturated carbocycles. The summed E-state index contributed by atoms with van der Waals surface area (Å²) in [7, 11) is 0. The summed E-state index contributed by atoms with van der Waals surface area (Å²) >= 11 is 0. The summed E-state index contributed by atoms with van der Waals surface area (Å²) < 4.78 is 18.7. The number of benzene rings is 2. The smallest absolute Gasteiger partial charge is 0.410 e. The molecule has 0 radical (unpaired) electrons. The van der Waals surface area contributed by atoms with E-state index in [-0.39, 0.29) is 51.0 Å². The summed E-state index contributed by atoms with van der Waals surface area (Å²) in [5, 5.41) is 12.1. The summed E-state index contributed by atoms with van der Waals surface area (Å²) in [4.78, 5) is 58.9. The normalized spacial score (nSPS) is 15.5. The second-order valence-electron chi connectivity index (χ2n) is 12.0. The van der Waals surface area contributed by atoms with Crippen LogP contribution in [0.1, 0.15) is 60.2 Å². The van der Waals surface area contributed by atoms with E-state index in [2.05, 4.69) is 5.32 Å². The van der Waals surface area contributed by atoms with Gasteiger partial charge in [-0.2, -0.15) is 0 Å². The lowest BCUT2D eigenvalue weighted by Gasteiger charge is -2.33. The molecule has 0 unspecified atom stereocenters. The van der Waals surface area contributed by atoms with Crippen molar-refractivity contribution in [2.45, 2.75) is 58.3 Å². The molecule has 1 fully saturated rings. The zero-order chi connectivity index (χ0) is 32.1. The third kappa shape index (κ3) is 7.43. The lowest BCUT2D eigenvalue weighted by molar-refractivity contribution is -0.124. The number of aliphatic hydroxyl groups is 1. The van der Waals surface area contributed by atoms with Gasteiger partial charge < -0.3 is 34.1 Å². The zero-order valence-corrected chi connectivity index (χ0v) is 25.8. The Morgan fingerprint density at radius 2 is 1.69 bits per heavy atom. The molecule has 1 aromatic heterocycles. The molecule has 2 aromatic carbocycles. The largest absolute Gasteiger partial charge is 0.481 e. The van der Waals surface area contributed by atoms with Crippen molar-refractivity contribution in [2.75, 3.05) is 39.5 Å². The van der Waals surface area contributed by atoms with Crippen molar-refractivity contribution in [3.8, 4) is 5.75 Å². The van der Waals surface area contributed by atoms with Crippen LogP contribution in [0, 0.1) is 0 Å². The van der Waals surface area contributed by atoms with Crippen LogP contribution >= 0.6 is 0 Å². The van der Waals surface area contributed by atoms with Crippen molar-refractivity contribution in [2.24, 2.45) is 0 Å². The van der Waals surface area contributed by atoms with Gasteiger partial charge in [-0.25, -0.2) is 9.78 Å². The fraction of sp³-hybridized carbons (Fsp3) is 0.469. The topological polar surface area (TPSA) is 153 Å². The van der Waals surface area contributed by atoms with Gasteiger partial charge in [-0.05, 0) is 57.9 Å². The Morgan fingerprint density at radius 1 is 1.00 bits per heavy atom. The minimum atomic E-state index is -0.568. The lowest BCUT2D eigenvalue weighted by atomic mass is 10.1. The highest BCUT2D eigenvalue weighted by molar-refractivity contribution is 6.21. The van der Waals surface area contributed by atoms with Gasteiger partial charge in [0.1, 0.15) is 22.7 Å². The van der Waals surface area contributed by atoms with Crippen molar-refractivity contribution in [1.82, 2.24) is 24.7 Å². The van der Waals surface area contributed by atoms with E-state index in [1.54, 1.807) is 41.3 Å². The molecule has 3 aromatic rings. The van der Waals surface area contributed by atoms with E-state index in [1.807, 2.05) is 31.4 Å². The molecule has 2 N–H and O–H groups in total. The number of amides is 4. The number of piperidine rings is 1. The van der Waals surface area contributed by atoms with Gasteiger partial charge in [0.15, 0.2) is 6.61 Å². The van der Waals surface area contributed by atoms with Gasteiger partial charge >= 0.3 is 6.09 Å². The molecule has 13 nitrogen and oxygen atoms in total. The van der Waals surface area contributed by atoms with Crippen LogP contribution in [0.2, 0.25) is 0 Å². The third-order valence-corrected chi connectivity index (χ3v) is 7.56. The average molecular weight is 622 g/mol. The second-order valence-corrected chi connectivity index (χ2v) is 12.0. The number of ether oxygens (including phenoxy) is 3. The molecule has 0 atom stereocenters. The van der Waals surface area contributed by atoms with Gasteiger partial charge in [0.2, 0.25) is 0 Å². The highest BCUT2D eigenvalue weighted by atomic mass is 16.6. The van der Waals surface area contributed by atoms with E-state index in [4.69, 9.17) is 24.3 Å². The number of nitrogens with one attached hydrogen (secondary N) is 1. The highest BCUT2D eigenvalue weighted by Gasteiger charge is 2.36. The summed E-state index contributed by atoms with van der Waals surface area (Å²) in [5.74, 6) is -0.261. The lowest BCUT2D eigenvalue weighted by Crippen LogP contribution is -2.48. The minimum Gasteiger partial charge on any atom is -0.481 e. The van der Waals surface area contributed by atoms with Gasteiger partial charge in [-0.3, -0.25) is 19.3 Å². The van der Waals surface area contributed by atoms with Gasteiger partial charge in [0, 0.05) is 25.7 Å². The van der Waals surface area contributed by atoms with Crippen LogP contribution in [0.5, 0.6) is 5.75 Å². The van der Waals surface area contributed by atoms with Crippen LogP contribution in [0.25, 0.3) is 11.0 Å². The number of likely N-dealkylation sites (tertiary alicyclic amines) is 1. The second kappa shape index (κ2) is 13.7. The molecule has 0 aliphatic carbocycles. The Labute approximate surface area is 261 Å². The number of imidazole rings is 1. The summed E-state index contributed by atoms with van der Waals surface area (Å²) in [6, 6.07) is 11.9. The number of rotatable bonds is 11. The van der Waals surface area contributed by atoms with E-state index in [0.29, 0.717) is 66.2 Å². The Bertz CT molecular complexity index is 1540. The predicted molar refractivity (Wildman–Crippen MR) is 163 cm³/mol. The highest BCUT2D eigenvalue weighted by Crippen LogP contribution is 2.29. The molecule has 5 rings (SSSR count). The molecule has 2 aliphatic heterocycles. The van der Waals surface area contributed by atoms with Crippen LogP contribution in [0.3, 0.4) is 0 Å². The maximum atomic E-state index is 13.1. The Balaban J connectivity index is 1.26. The number of carbonyl (C=O) groups is 4. The predicted octanol–water partition coefficient (Wildman–Crippen LogP) is 2.74. The molecule has 0 spiro atoms. The van der Waals surface area contributed by atoms with Crippen molar-refractivity contribution in [1.29, 1.82) is 0 Å². The maximum absolute atomic E-state index is 13.1. The van der Waals surface area contributed by atoms with Gasteiger partial charge in [0.25, 0.3) is 17.7 Å². The number of hydrogen-bond donors (Lipinski definition) is 2. The fourth-order valence-corrected chi connectivity index (χ4v) is 5.45. The molecular formula is C32H39N5O8. The fourth-order valence-electron chi connectivity index (χ4n) is 5.45. The van der Waals surface area contributed by atoms with Crippen molar-refractivity contribution < 1.29 is 38.5 Å². The first-order valence-electron chi connectivity index (χ1n) is 15.1. The number of imide groups is 1.